The highest BCUT2D eigenvalue weighted by Crippen LogP contribution is 2.28. The van der Waals surface area contributed by atoms with E-state index in [0.717, 1.165) is 18.2 Å². The SMILES string of the molecule is CSCCC(C)Nc1cc(C)c(F)cc1[N+](=O)[O-]. The highest BCUT2D eigenvalue weighted by Gasteiger charge is 2.18. The second-order valence-electron chi connectivity index (χ2n) is 4.20. The number of nitro benzene ring substituents is 1. The fraction of sp³-hybridized carbons (Fsp3) is 0.500. The van der Waals surface area contributed by atoms with Crippen molar-refractivity contribution in [2.75, 3.05) is 17.3 Å². The van der Waals surface area contributed by atoms with E-state index in [1.165, 1.54) is 6.07 Å². The molecule has 1 atom stereocenters. The lowest BCUT2D eigenvalue weighted by molar-refractivity contribution is -0.384. The molecule has 0 aliphatic heterocycles. The standard InChI is InChI=1S/C12H17FN2O2S/c1-8-6-11(14-9(2)4-5-18-3)12(15(16)17)7-10(8)13/h6-7,9,14H,4-5H2,1-3H3. The van der Waals surface area contributed by atoms with Crippen LogP contribution in [-0.2, 0) is 0 Å². The van der Waals surface area contributed by atoms with Gasteiger partial charge in [0, 0.05) is 6.04 Å². The lowest BCUT2D eigenvalue weighted by Gasteiger charge is -2.15. The van der Waals surface area contributed by atoms with E-state index < -0.39 is 10.7 Å². The molecule has 18 heavy (non-hydrogen) atoms. The molecule has 1 aromatic rings. The highest BCUT2D eigenvalue weighted by atomic mass is 32.2. The number of nitrogens with zero attached hydrogens (tertiary/aromatic N) is 1. The molecule has 4 nitrogen and oxygen atoms in total. The summed E-state index contributed by atoms with van der Waals surface area (Å²) in [5, 5.41) is 13.9. The van der Waals surface area contributed by atoms with Crippen molar-refractivity contribution in [3.05, 3.63) is 33.6 Å². The quantitative estimate of drug-likeness (QED) is 0.635. The molecule has 0 amide bonds. The summed E-state index contributed by atoms with van der Waals surface area (Å²) in [5.74, 6) is 0.423. The van der Waals surface area contributed by atoms with Gasteiger partial charge in [-0.05, 0) is 43.9 Å². The van der Waals surface area contributed by atoms with Crippen LogP contribution in [0.1, 0.15) is 18.9 Å². The van der Waals surface area contributed by atoms with E-state index in [0.29, 0.717) is 11.3 Å². The fourth-order valence-corrected chi connectivity index (χ4v) is 2.16. The molecule has 100 valence electrons. The first kappa shape index (κ1) is 14.8. The van der Waals surface area contributed by atoms with Crippen molar-refractivity contribution < 1.29 is 9.31 Å². The predicted molar refractivity (Wildman–Crippen MR) is 73.9 cm³/mol. The summed E-state index contributed by atoms with van der Waals surface area (Å²) in [6.07, 6.45) is 2.91. The molecule has 0 saturated heterocycles. The van der Waals surface area contributed by atoms with Crippen molar-refractivity contribution in [2.45, 2.75) is 26.3 Å². The number of benzene rings is 1. The van der Waals surface area contributed by atoms with Crippen LogP contribution < -0.4 is 5.32 Å². The minimum Gasteiger partial charge on any atom is -0.377 e. The Balaban J connectivity index is 2.93. The van der Waals surface area contributed by atoms with E-state index in [1.54, 1.807) is 18.7 Å². The van der Waals surface area contributed by atoms with E-state index in [1.807, 2.05) is 13.2 Å². The Morgan fingerprint density at radius 1 is 1.56 bits per heavy atom. The number of aryl methyl sites for hydroxylation is 1. The molecule has 0 aromatic heterocycles. The molecule has 0 saturated carbocycles. The van der Waals surface area contributed by atoms with Gasteiger partial charge < -0.3 is 5.32 Å². The Morgan fingerprint density at radius 3 is 2.78 bits per heavy atom. The first-order chi connectivity index (χ1) is 8.45. The molecule has 6 heteroatoms. The molecule has 0 heterocycles. The number of nitrogens with one attached hydrogen (secondary N) is 1. The van der Waals surface area contributed by atoms with Crippen molar-refractivity contribution in [3.8, 4) is 0 Å². The molecule has 1 unspecified atom stereocenters. The molecule has 0 radical (unpaired) electrons. The summed E-state index contributed by atoms with van der Waals surface area (Å²) in [5.41, 5.74) is 0.571. The molecular formula is C12H17FN2O2S. The van der Waals surface area contributed by atoms with Gasteiger partial charge in [-0.3, -0.25) is 10.1 Å². The Hall–Kier alpha value is -1.30. The Labute approximate surface area is 110 Å². The van der Waals surface area contributed by atoms with Gasteiger partial charge in [-0.2, -0.15) is 11.8 Å². The van der Waals surface area contributed by atoms with Crippen LogP contribution in [0.2, 0.25) is 0 Å². The summed E-state index contributed by atoms with van der Waals surface area (Å²) in [6, 6.07) is 2.57. The van der Waals surface area contributed by atoms with Gasteiger partial charge in [-0.25, -0.2) is 4.39 Å². The molecule has 0 spiro atoms. The topological polar surface area (TPSA) is 55.2 Å². The number of anilines is 1. The van der Waals surface area contributed by atoms with Crippen LogP contribution in [0.25, 0.3) is 0 Å². The lowest BCUT2D eigenvalue weighted by Crippen LogP contribution is -2.17. The van der Waals surface area contributed by atoms with E-state index >= 15 is 0 Å². The minimum atomic E-state index is -0.563. The Kier molecular flexibility index (Phi) is 5.40. The van der Waals surface area contributed by atoms with Gasteiger partial charge in [0.1, 0.15) is 11.5 Å². The first-order valence-electron chi connectivity index (χ1n) is 5.65. The van der Waals surface area contributed by atoms with E-state index in [2.05, 4.69) is 5.32 Å². The maximum atomic E-state index is 13.3. The highest BCUT2D eigenvalue weighted by molar-refractivity contribution is 7.98. The number of nitro groups is 1. The molecule has 0 aliphatic carbocycles. The fourth-order valence-electron chi connectivity index (χ4n) is 1.57. The number of hydrogen-bond donors (Lipinski definition) is 1. The zero-order valence-electron chi connectivity index (χ0n) is 10.7. The van der Waals surface area contributed by atoms with Gasteiger partial charge in [0.25, 0.3) is 5.69 Å². The second-order valence-corrected chi connectivity index (χ2v) is 5.19. The van der Waals surface area contributed by atoms with Gasteiger partial charge in [-0.15, -0.1) is 0 Å². The van der Waals surface area contributed by atoms with E-state index in [9.17, 15) is 14.5 Å². The maximum absolute atomic E-state index is 13.3. The maximum Gasteiger partial charge on any atom is 0.295 e. The molecule has 1 N–H and O–H groups in total. The molecule has 0 aliphatic rings. The van der Waals surface area contributed by atoms with Crippen LogP contribution in [0.3, 0.4) is 0 Å². The Bertz CT molecular complexity index is 440. The third kappa shape index (κ3) is 3.87. The van der Waals surface area contributed by atoms with Crippen LogP contribution in [0.4, 0.5) is 15.8 Å². The van der Waals surface area contributed by atoms with Crippen LogP contribution >= 0.6 is 11.8 Å². The number of rotatable bonds is 6. The monoisotopic (exact) mass is 272 g/mol. The smallest absolute Gasteiger partial charge is 0.295 e. The Morgan fingerprint density at radius 2 is 2.22 bits per heavy atom. The number of hydrogen-bond acceptors (Lipinski definition) is 4. The van der Waals surface area contributed by atoms with E-state index in [4.69, 9.17) is 0 Å². The first-order valence-corrected chi connectivity index (χ1v) is 7.05. The second kappa shape index (κ2) is 6.58. The van der Waals surface area contributed by atoms with Crippen LogP contribution in [0.5, 0.6) is 0 Å². The molecule has 0 fully saturated rings. The number of halogens is 1. The van der Waals surface area contributed by atoms with Gasteiger partial charge >= 0.3 is 0 Å². The zero-order chi connectivity index (χ0) is 13.7. The molecule has 1 rings (SSSR count). The van der Waals surface area contributed by atoms with Gasteiger partial charge in [-0.1, -0.05) is 0 Å². The summed E-state index contributed by atoms with van der Waals surface area (Å²) in [4.78, 5) is 10.3. The summed E-state index contributed by atoms with van der Waals surface area (Å²) < 4.78 is 13.3. The van der Waals surface area contributed by atoms with Crippen molar-refractivity contribution in [1.82, 2.24) is 0 Å². The van der Waals surface area contributed by atoms with Crippen molar-refractivity contribution >= 4 is 23.1 Å². The minimum absolute atomic E-state index is 0.112. The van der Waals surface area contributed by atoms with Crippen molar-refractivity contribution in [1.29, 1.82) is 0 Å². The summed E-state index contributed by atoms with van der Waals surface area (Å²) in [6.45, 7) is 3.55. The van der Waals surface area contributed by atoms with Gasteiger partial charge in [0.05, 0.1) is 11.0 Å². The summed E-state index contributed by atoms with van der Waals surface area (Å²) in [7, 11) is 0. The zero-order valence-corrected chi connectivity index (χ0v) is 11.5. The number of thioether (sulfide) groups is 1. The largest absolute Gasteiger partial charge is 0.377 e. The molecular weight excluding hydrogens is 255 g/mol. The van der Waals surface area contributed by atoms with Crippen molar-refractivity contribution in [3.63, 3.8) is 0 Å². The third-order valence-electron chi connectivity index (χ3n) is 2.63. The van der Waals surface area contributed by atoms with Crippen molar-refractivity contribution in [2.24, 2.45) is 0 Å². The van der Waals surface area contributed by atoms with Crippen LogP contribution in [0, 0.1) is 22.9 Å². The molecule has 0 bridgehead atoms. The van der Waals surface area contributed by atoms with Crippen LogP contribution in [0.15, 0.2) is 12.1 Å². The van der Waals surface area contributed by atoms with Gasteiger partial charge in [0.2, 0.25) is 0 Å². The lowest BCUT2D eigenvalue weighted by atomic mass is 10.1. The van der Waals surface area contributed by atoms with Gasteiger partial charge in [0.15, 0.2) is 0 Å². The van der Waals surface area contributed by atoms with Crippen LogP contribution in [-0.4, -0.2) is 23.0 Å². The molecule has 1 aromatic carbocycles. The normalized spacial score (nSPS) is 12.2. The predicted octanol–water partition coefficient (Wildman–Crippen LogP) is 3.60. The third-order valence-corrected chi connectivity index (χ3v) is 3.27. The summed E-state index contributed by atoms with van der Waals surface area (Å²) >= 11 is 1.72. The average molecular weight is 272 g/mol. The average Bonchev–Trinajstić information content (AvgIpc) is 2.30. The van der Waals surface area contributed by atoms with E-state index in [-0.39, 0.29) is 11.7 Å².